The summed E-state index contributed by atoms with van der Waals surface area (Å²) in [5.41, 5.74) is 8.89. The highest BCUT2D eigenvalue weighted by Crippen LogP contribution is 2.31. The lowest BCUT2D eigenvalue weighted by Gasteiger charge is -2.36. The molecule has 0 aliphatic heterocycles. The molecule has 2 atom stereocenters. The van der Waals surface area contributed by atoms with Gasteiger partial charge < -0.3 is 10.6 Å². The van der Waals surface area contributed by atoms with Crippen molar-refractivity contribution in [1.82, 2.24) is 0 Å². The number of nitrogens with zero attached hydrogens (tertiary/aromatic N) is 1. The summed E-state index contributed by atoms with van der Waals surface area (Å²) in [5, 5.41) is 7.74. The summed E-state index contributed by atoms with van der Waals surface area (Å²) in [5.74, 6) is 0.956. The maximum atomic E-state index is 7.74. The Bertz CT molecular complexity index is 467. The first-order valence-corrected chi connectivity index (χ1v) is 7.17. The SMILES string of the molecule is Cc1ccc(C(=N)N)c(N(C)C2CCCC(C)C2)c1. The number of benzene rings is 1. The van der Waals surface area contributed by atoms with Gasteiger partial charge in [0.25, 0.3) is 0 Å². The van der Waals surface area contributed by atoms with E-state index in [0.717, 1.165) is 17.2 Å². The molecule has 0 bridgehead atoms. The van der Waals surface area contributed by atoms with Gasteiger partial charge >= 0.3 is 0 Å². The third-order valence-corrected chi connectivity index (χ3v) is 4.28. The molecule has 3 N–H and O–H groups in total. The standard InChI is InChI=1S/C16H25N3/c1-11-5-4-6-13(9-11)19(3)15-10-12(2)7-8-14(15)16(17)18/h7-8,10-11,13H,4-6,9H2,1-3H3,(H3,17,18). The molecule has 3 heteroatoms. The van der Waals surface area contributed by atoms with Gasteiger partial charge in [0, 0.05) is 24.3 Å². The van der Waals surface area contributed by atoms with Crippen molar-refractivity contribution in [3.63, 3.8) is 0 Å². The highest BCUT2D eigenvalue weighted by atomic mass is 15.1. The Hall–Kier alpha value is -1.51. The number of amidine groups is 1. The van der Waals surface area contributed by atoms with E-state index in [1.54, 1.807) is 0 Å². The molecule has 104 valence electrons. The lowest BCUT2D eigenvalue weighted by Crippen LogP contribution is -2.36. The molecule has 1 aromatic carbocycles. The Morgan fingerprint density at radius 2 is 2.11 bits per heavy atom. The molecule has 0 saturated heterocycles. The van der Waals surface area contributed by atoms with E-state index in [0.29, 0.717) is 6.04 Å². The van der Waals surface area contributed by atoms with Crippen LogP contribution in [0.15, 0.2) is 18.2 Å². The first kappa shape index (κ1) is 13.9. The molecule has 2 rings (SSSR count). The van der Waals surface area contributed by atoms with E-state index >= 15 is 0 Å². The number of hydrogen-bond acceptors (Lipinski definition) is 2. The van der Waals surface area contributed by atoms with Crippen LogP contribution in [0.3, 0.4) is 0 Å². The molecule has 1 aliphatic carbocycles. The van der Waals surface area contributed by atoms with Gasteiger partial charge in [-0.15, -0.1) is 0 Å². The van der Waals surface area contributed by atoms with E-state index in [4.69, 9.17) is 11.1 Å². The zero-order chi connectivity index (χ0) is 14.0. The fourth-order valence-corrected chi connectivity index (χ4v) is 3.11. The Morgan fingerprint density at radius 1 is 1.37 bits per heavy atom. The number of rotatable bonds is 3. The Morgan fingerprint density at radius 3 is 2.74 bits per heavy atom. The third-order valence-electron chi connectivity index (χ3n) is 4.28. The fourth-order valence-electron chi connectivity index (χ4n) is 3.11. The average Bonchev–Trinajstić information content (AvgIpc) is 2.37. The minimum Gasteiger partial charge on any atom is -0.384 e. The van der Waals surface area contributed by atoms with Crippen molar-refractivity contribution in [3.8, 4) is 0 Å². The normalized spacial score (nSPS) is 23.1. The number of anilines is 1. The number of hydrogen-bond donors (Lipinski definition) is 2. The van der Waals surface area contributed by atoms with E-state index in [2.05, 4.69) is 31.9 Å². The predicted molar refractivity (Wildman–Crippen MR) is 82.0 cm³/mol. The summed E-state index contributed by atoms with van der Waals surface area (Å²) in [7, 11) is 2.14. The predicted octanol–water partition coefficient (Wildman–Crippen LogP) is 3.29. The Kier molecular flexibility index (Phi) is 4.13. The molecule has 1 aliphatic rings. The summed E-state index contributed by atoms with van der Waals surface area (Å²) in [6.45, 7) is 4.42. The average molecular weight is 259 g/mol. The van der Waals surface area contributed by atoms with Gasteiger partial charge in [-0.2, -0.15) is 0 Å². The van der Waals surface area contributed by atoms with Gasteiger partial charge in [0.1, 0.15) is 5.84 Å². The van der Waals surface area contributed by atoms with Crippen molar-refractivity contribution in [2.45, 2.75) is 45.6 Å². The molecule has 3 nitrogen and oxygen atoms in total. The third kappa shape index (κ3) is 3.09. The minimum atomic E-state index is 0.158. The van der Waals surface area contributed by atoms with Crippen molar-refractivity contribution in [3.05, 3.63) is 29.3 Å². The molecular formula is C16H25N3. The van der Waals surface area contributed by atoms with E-state index in [-0.39, 0.29) is 5.84 Å². The molecular weight excluding hydrogens is 234 g/mol. The maximum absolute atomic E-state index is 7.74. The van der Waals surface area contributed by atoms with Crippen molar-refractivity contribution >= 4 is 11.5 Å². The zero-order valence-corrected chi connectivity index (χ0v) is 12.2. The molecule has 1 saturated carbocycles. The molecule has 0 spiro atoms. The second kappa shape index (κ2) is 5.64. The van der Waals surface area contributed by atoms with E-state index in [1.165, 1.54) is 31.2 Å². The van der Waals surface area contributed by atoms with Crippen LogP contribution >= 0.6 is 0 Å². The van der Waals surface area contributed by atoms with Gasteiger partial charge in [-0.3, -0.25) is 5.41 Å². The van der Waals surface area contributed by atoms with Crippen LogP contribution in [0.1, 0.15) is 43.7 Å². The number of nitrogen functional groups attached to an aromatic ring is 1. The highest BCUT2D eigenvalue weighted by molar-refractivity contribution is 6.00. The van der Waals surface area contributed by atoms with Crippen LogP contribution in [-0.2, 0) is 0 Å². The summed E-state index contributed by atoms with van der Waals surface area (Å²) in [4.78, 5) is 2.33. The van der Waals surface area contributed by atoms with Gasteiger partial charge in [0.2, 0.25) is 0 Å². The number of nitrogens with two attached hydrogens (primary N) is 1. The van der Waals surface area contributed by atoms with Crippen LogP contribution < -0.4 is 10.6 Å². The monoisotopic (exact) mass is 259 g/mol. The van der Waals surface area contributed by atoms with Crippen molar-refractivity contribution < 1.29 is 0 Å². The van der Waals surface area contributed by atoms with Crippen LogP contribution in [0.25, 0.3) is 0 Å². The van der Waals surface area contributed by atoms with E-state index in [1.807, 2.05) is 12.1 Å². The lowest BCUT2D eigenvalue weighted by molar-refractivity contribution is 0.336. The first-order valence-electron chi connectivity index (χ1n) is 7.17. The molecule has 0 aromatic heterocycles. The molecule has 0 radical (unpaired) electrons. The minimum absolute atomic E-state index is 0.158. The van der Waals surface area contributed by atoms with Crippen molar-refractivity contribution in [2.75, 3.05) is 11.9 Å². The molecule has 19 heavy (non-hydrogen) atoms. The summed E-state index contributed by atoms with van der Waals surface area (Å²) >= 11 is 0. The van der Waals surface area contributed by atoms with Crippen LogP contribution in [-0.4, -0.2) is 18.9 Å². The molecule has 2 unspecified atom stereocenters. The van der Waals surface area contributed by atoms with Gasteiger partial charge in [-0.25, -0.2) is 0 Å². The van der Waals surface area contributed by atoms with Gasteiger partial charge in [-0.1, -0.05) is 25.8 Å². The lowest BCUT2D eigenvalue weighted by atomic mass is 9.86. The Balaban J connectivity index is 2.29. The fraction of sp³-hybridized carbons (Fsp3) is 0.562. The van der Waals surface area contributed by atoms with E-state index < -0.39 is 0 Å². The molecule has 1 aromatic rings. The zero-order valence-electron chi connectivity index (χ0n) is 12.2. The maximum Gasteiger partial charge on any atom is 0.124 e. The van der Waals surface area contributed by atoms with Crippen LogP contribution in [0.5, 0.6) is 0 Å². The first-order chi connectivity index (χ1) is 8.99. The second-order valence-corrected chi connectivity index (χ2v) is 5.97. The summed E-state index contributed by atoms with van der Waals surface area (Å²) in [6.07, 6.45) is 5.13. The molecule has 0 heterocycles. The largest absolute Gasteiger partial charge is 0.384 e. The highest BCUT2D eigenvalue weighted by Gasteiger charge is 2.24. The van der Waals surface area contributed by atoms with Crippen LogP contribution in [0.2, 0.25) is 0 Å². The second-order valence-electron chi connectivity index (χ2n) is 5.97. The quantitative estimate of drug-likeness (QED) is 0.646. The van der Waals surface area contributed by atoms with E-state index in [9.17, 15) is 0 Å². The van der Waals surface area contributed by atoms with Crippen LogP contribution in [0, 0.1) is 18.3 Å². The molecule has 1 fully saturated rings. The van der Waals surface area contributed by atoms with Gasteiger partial charge in [0.05, 0.1) is 0 Å². The van der Waals surface area contributed by atoms with Crippen LogP contribution in [0.4, 0.5) is 5.69 Å². The smallest absolute Gasteiger partial charge is 0.124 e. The van der Waals surface area contributed by atoms with Crippen molar-refractivity contribution in [2.24, 2.45) is 11.7 Å². The Labute approximate surface area is 116 Å². The topological polar surface area (TPSA) is 53.1 Å². The summed E-state index contributed by atoms with van der Waals surface area (Å²) < 4.78 is 0. The van der Waals surface area contributed by atoms with Gasteiger partial charge in [0.15, 0.2) is 0 Å². The number of nitrogens with one attached hydrogen (secondary N) is 1. The van der Waals surface area contributed by atoms with Gasteiger partial charge in [-0.05, 0) is 43.4 Å². The molecule has 0 amide bonds. The number of aryl methyl sites for hydroxylation is 1. The van der Waals surface area contributed by atoms with Crippen molar-refractivity contribution in [1.29, 1.82) is 5.41 Å². The summed E-state index contributed by atoms with van der Waals surface area (Å²) in [6, 6.07) is 6.72.